The van der Waals surface area contributed by atoms with Crippen LogP contribution in [0.4, 0.5) is 11.4 Å². The van der Waals surface area contributed by atoms with Gasteiger partial charge in [0.2, 0.25) is 5.91 Å². The van der Waals surface area contributed by atoms with Gasteiger partial charge in [-0.3, -0.25) is 4.79 Å². The highest BCUT2D eigenvalue weighted by Crippen LogP contribution is 2.32. The Labute approximate surface area is 149 Å². The first-order valence-corrected chi connectivity index (χ1v) is 8.04. The van der Waals surface area contributed by atoms with Crippen molar-refractivity contribution in [2.45, 2.75) is 6.92 Å². The van der Waals surface area contributed by atoms with Crippen LogP contribution in [0.3, 0.4) is 0 Å². The van der Waals surface area contributed by atoms with Crippen molar-refractivity contribution in [1.82, 2.24) is 0 Å². The number of nitrogens with one attached hydrogen (secondary N) is 2. The molecule has 0 heterocycles. The average molecular weight is 374 g/mol. The minimum atomic E-state index is -0.221. The number of amides is 1. The molecule has 0 aliphatic heterocycles. The van der Waals surface area contributed by atoms with E-state index in [9.17, 15) is 4.79 Å². The fourth-order valence-electron chi connectivity index (χ4n) is 1.87. The average Bonchev–Trinajstić information content (AvgIpc) is 2.50. The molecule has 0 fully saturated rings. The zero-order chi connectivity index (χ0) is 16.8. The molecule has 0 atom stereocenters. The van der Waals surface area contributed by atoms with Crippen molar-refractivity contribution in [3.8, 4) is 5.75 Å². The molecule has 0 aliphatic rings. The second-order valence-electron chi connectivity index (χ2n) is 4.61. The summed E-state index contributed by atoms with van der Waals surface area (Å²) in [4.78, 5) is 12.0. The summed E-state index contributed by atoms with van der Waals surface area (Å²) in [5.74, 6) is 0.478. The Hall–Kier alpha value is -1.62. The van der Waals surface area contributed by atoms with Gasteiger partial charge in [-0.2, -0.15) is 0 Å². The van der Waals surface area contributed by atoms with E-state index >= 15 is 0 Å². The molecule has 1 amide bonds. The maximum Gasteiger partial charge on any atom is 0.243 e. The fourth-order valence-corrected chi connectivity index (χ4v) is 2.48. The maximum absolute atomic E-state index is 12.0. The van der Waals surface area contributed by atoms with Crippen molar-refractivity contribution in [2.75, 3.05) is 23.8 Å². The van der Waals surface area contributed by atoms with Crippen LogP contribution in [0.25, 0.3) is 0 Å². The van der Waals surface area contributed by atoms with Crippen LogP contribution >= 0.6 is 34.8 Å². The Balaban J connectivity index is 1.95. The summed E-state index contributed by atoms with van der Waals surface area (Å²) in [5, 5.41) is 6.81. The van der Waals surface area contributed by atoms with Gasteiger partial charge < -0.3 is 15.4 Å². The lowest BCUT2D eigenvalue weighted by Gasteiger charge is -2.11. The third-order valence-electron chi connectivity index (χ3n) is 2.88. The molecule has 0 aliphatic carbocycles. The molecule has 2 N–H and O–H groups in total. The van der Waals surface area contributed by atoms with Crippen molar-refractivity contribution in [1.29, 1.82) is 0 Å². The largest absolute Gasteiger partial charge is 0.494 e. The lowest BCUT2D eigenvalue weighted by atomic mass is 10.3. The lowest BCUT2D eigenvalue weighted by Crippen LogP contribution is -2.21. The van der Waals surface area contributed by atoms with Crippen molar-refractivity contribution in [2.24, 2.45) is 0 Å². The smallest absolute Gasteiger partial charge is 0.243 e. The van der Waals surface area contributed by atoms with E-state index in [1.807, 2.05) is 19.1 Å². The van der Waals surface area contributed by atoms with E-state index in [1.165, 1.54) is 6.07 Å². The van der Waals surface area contributed by atoms with Crippen LogP contribution < -0.4 is 15.4 Å². The molecule has 122 valence electrons. The molecule has 0 spiro atoms. The molecule has 0 saturated heterocycles. The standard InChI is InChI=1S/C16H15Cl3N2O2/c1-2-23-11-5-3-4-10(6-11)21-16(22)9-20-15-8-13(18)12(17)7-14(15)19/h3-8,20H,2,9H2,1H3,(H,21,22). The molecule has 2 rings (SSSR count). The van der Waals surface area contributed by atoms with Gasteiger partial charge in [0, 0.05) is 11.8 Å². The normalized spacial score (nSPS) is 10.3. The van der Waals surface area contributed by atoms with Gasteiger partial charge in [0.25, 0.3) is 0 Å². The number of anilines is 2. The zero-order valence-corrected chi connectivity index (χ0v) is 14.6. The number of hydrogen-bond donors (Lipinski definition) is 2. The van der Waals surface area contributed by atoms with Crippen LogP contribution in [0.1, 0.15) is 6.92 Å². The van der Waals surface area contributed by atoms with E-state index in [0.29, 0.717) is 38.8 Å². The minimum Gasteiger partial charge on any atom is -0.494 e. The predicted octanol–water partition coefficient (Wildman–Crippen LogP) is 5.10. The van der Waals surface area contributed by atoms with Gasteiger partial charge >= 0.3 is 0 Å². The minimum absolute atomic E-state index is 0.0382. The van der Waals surface area contributed by atoms with Crippen molar-refractivity contribution < 1.29 is 9.53 Å². The van der Waals surface area contributed by atoms with Crippen molar-refractivity contribution in [3.63, 3.8) is 0 Å². The van der Waals surface area contributed by atoms with E-state index in [0.717, 1.165) is 0 Å². The number of carbonyl (C=O) groups excluding carboxylic acids is 1. The van der Waals surface area contributed by atoms with Crippen LogP contribution in [0.15, 0.2) is 36.4 Å². The highest BCUT2D eigenvalue weighted by atomic mass is 35.5. The Bertz CT molecular complexity index is 708. The summed E-state index contributed by atoms with van der Waals surface area (Å²) in [6.07, 6.45) is 0. The Morgan fingerprint density at radius 1 is 1.09 bits per heavy atom. The molecule has 7 heteroatoms. The van der Waals surface area contributed by atoms with Crippen molar-refractivity contribution in [3.05, 3.63) is 51.5 Å². The van der Waals surface area contributed by atoms with Gasteiger partial charge in [0.05, 0.1) is 33.9 Å². The van der Waals surface area contributed by atoms with Crippen LogP contribution in [0.5, 0.6) is 5.75 Å². The quantitative estimate of drug-likeness (QED) is 0.693. The Morgan fingerprint density at radius 2 is 1.83 bits per heavy atom. The van der Waals surface area contributed by atoms with E-state index in [1.54, 1.807) is 18.2 Å². The molecule has 0 unspecified atom stereocenters. The lowest BCUT2D eigenvalue weighted by molar-refractivity contribution is -0.114. The molecular weight excluding hydrogens is 359 g/mol. The predicted molar refractivity (Wildman–Crippen MR) is 96.2 cm³/mol. The summed E-state index contributed by atoms with van der Waals surface area (Å²) >= 11 is 17.8. The molecule has 0 radical (unpaired) electrons. The van der Waals surface area contributed by atoms with E-state index < -0.39 is 0 Å². The maximum atomic E-state index is 12.0. The summed E-state index contributed by atoms with van der Waals surface area (Å²) in [5.41, 5.74) is 1.20. The van der Waals surface area contributed by atoms with E-state index in [4.69, 9.17) is 39.5 Å². The van der Waals surface area contributed by atoms with Crippen LogP contribution in [0.2, 0.25) is 15.1 Å². The monoisotopic (exact) mass is 372 g/mol. The highest BCUT2D eigenvalue weighted by molar-refractivity contribution is 6.44. The van der Waals surface area contributed by atoms with Gasteiger partial charge in [-0.1, -0.05) is 40.9 Å². The van der Waals surface area contributed by atoms with Crippen LogP contribution in [-0.2, 0) is 4.79 Å². The number of halogens is 3. The van der Waals surface area contributed by atoms with Gasteiger partial charge in [0.1, 0.15) is 5.75 Å². The second-order valence-corrected chi connectivity index (χ2v) is 5.83. The third kappa shape index (κ3) is 5.20. The highest BCUT2D eigenvalue weighted by Gasteiger charge is 2.08. The third-order valence-corrected chi connectivity index (χ3v) is 3.91. The zero-order valence-electron chi connectivity index (χ0n) is 12.3. The van der Waals surface area contributed by atoms with Crippen LogP contribution in [0, 0.1) is 0 Å². The van der Waals surface area contributed by atoms with Gasteiger partial charge in [-0.15, -0.1) is 0 Å². The first-order chi connectivity index (χ1) is 11.0. The number of ether oxygens (including phenoxy) is 1. The summed E-state index contributed by atoms with van der Waals surface area (Å²) in [6, 6.07) is 10.3. The molecule has 23 heavy (non-hydrogen) atoms. The number of hydrogen-bond acceptors (Lipinski definition) is 3. The fraction of sp³-hybridized carbons (Fsp3) is 0.188. The molecule has 0 aromatic heterocycles. The Kier molecular flexibility index (Phi) is 6.39. The number of carbonyl (C=O) groups is 1. The molecule has 2 aromatic rings. The molecule has 2 aromatic carbocycles. The molecule has 0 bridgehead atoms. The van der Waals surface area contributed by atoms with E-state index in [-0.39, 0.29) is 12.5 Å². The second kappa shape index (κ2) is 8.29. The van der Waals surface area contributed by atoms with Gasteiger partial charge in [-0.05, 0) is 31.2 Å². The number of benzene rings is 2. The van der Waals surface area contributed by atoms with Gasteiger partial charge in [-0.25, -0.2) is 0 Å². The van der Waals surface area contributed by atoms with Gasteiger partial charge in [0.15, 0.2) is 0 Å². The van der Waals surface area contributed by atoms with Crippen LogP contribution in [-0.4, -0.2) is 19.1 Å². The first-order valence-electron chi connectivity index (χ1n) is 6.90. The first kappa shape index (κ1) is 17.7. The topological polar surface area (TPSA) is 50.4 Å². The summed E-state index contributed by atoms with van der Waals surface area (Å²) in [6.45, 7) is 2.50. The summed E-state index contributed by atoms with van der Waals surface area (Å²) < 4.78 is 5.39. The summed E-state index contributed by atoms with van der Waals surface area (Å²) in [7, 11) is 0. The van der Waals surface area contributed by atoms with E-state index in [2.05, 4.69) is 10.6 Å². The SMILES string of the molecule is CCOc1cccc(NC(=O)CNc2cc(Cl)c(Cl)cc2Cl)c1. The molecule has 4 nitrogen and oxygen atoms in total. The number of rotatable bonds is 6. The Morgan fingerprint density at radius 3 is 2.57 bits per heavy atom. The van der Waals surface area contributed by atoms with Crippen molar-refractivity contribution >= 4 is 52.1 Å². The molecule has 0 saturated carbocycles. The molecular formula is C16H15Cl3N2O2.